The normalized spacial score (nSPS) is 10.4. The second-order valence-electron chi connectivity index (χ2n) is 3.41. The number of hydrogen-bond donors (Lipinski definition) is 2. The molecule has 0 fully saturated rings. The molecule has 0 bridgehead atoms. The van der Waals surface area contributed by atoms with Gasteiger partial charge in [-0.05, 0) is 18.2 Å². The third kappa shape index (κ3) is 3.08. The molecule has 2 rings (SSSR count). The second kappa shape index (κ2) is 5.79. The molecule has 0 atom stereocenters. The highest BCUT2D eigenvalue weighted by molar-refractivity contribution is 9.10. The van der Waals surface area contributed by atoms with Crippen molar-refractivity contribution in [2.75, 3.05) is 5.32 Å². The molecule has 1 aromatic carbocycles. The van der Waals surface area contributed by atoms with Gasteiger partial charge in [0.1, 0.15) is 10.7 Å². The highest BCUT2D eigenvalue weighted by Gasteiger charge is 2.12. The minimum atomic E-state index is -0.296. The van der Waals surface area contributed by atoms with Crippen molar-refractivity contribution in [3.05, 3.63) is 43.8 Å². The number of nitrogens with one attached hydrogen (secondary N) is 1. The van der Waals surface area contributed by atoms with Gasteiger partial charge in [-0.1, -0.05) is 27.5 Å². The van der Waals surface area contributed by atoms with Gasteiger partial charge in [0.15, 0.2) is 0 Å². The van der Waals surface area contributed by atoms with Crippen molar-refractivity contribution >= 4 is 50.5 Å². The summed E-state index contributed by atoms with van der Waals surface area (Å²) >= 11 is 10.7. The molecule has 0 aliphatic rings. The summed E-state index contributed by atoms with van der Waals surface area (Å²) < 4.78 is 0.851. The van der Waals surface area contributed by atoms with Gasteiger partial charge in [0.2, 0.25) is 0 Å². The molecule has 1 aromatic heterocycles. The van der Waals surface area contributed by atoms with Crippen LogP contribution in [0.4, 0.5) is 5.69 Å². The molecular weight excluding hydrogens is 338 g/mol. The Morgan fingerprint density at radius 1 is 1.56 bits per heavy atom. The average molecular weight is 347 g/mol. The maximum absolute atomic E-state index is 11.9. The highest BCUT2D eigenvalue weighted by atomic mass is 79.9. The van der Waals surface area contributed by atoms with Crippen LogP contribution in [0.2, 0.25) is 5.02 Å². The predicted octanol–water partition coefficient (Wildman–Crippen LogP) is 3.27. The minimum Gasteiger partial charge on any atom is -0.325 e. The third-order valence-corrected chi connectivity index (χ3v) is 3.82. The first kappa shape index (κ1) is 13.5. The number of halogens is 2. The molecule has 0 aliphatic carbocycles. The van der Waals surface area contributed by atoms with Crippen molar-refractivity contribution < 1.29 is 4.79 Å². The molecule has 4 nitrogen and oxygen atoms in total. The van der Waals surface area contributed by atoms with E-state index in [2.05, 4.69) is 26.2 Å². The van der Waals surface area contributed by atoms with Gasteiger partial charge in [-0.2, -0.15) is 0 Å². The lowest BCUT2D eigenvalue weighted by Gasteiger charge is -2.05. The van der Waals surface area contributed by atoms with Crippen LogP contribution in [0.1, 0.15) is 15.5 Å². The number of thiazole rings is 1. The molecule has 0 spiro atoms. The summed E-state index contributed by atoms with van der Waals surface area (Å²) in [6.45, 7) is 0.330. The van der Waals surface area contributed by atoms with Crippen LogP contribution in [0.3, 0.4) is 0 Å². The molecule has 1 heterocycles. The van der Waals surface area contributed by atoms with Gasteiger partial charge >= 0.3 is 0 Å². The SMILES string of the molecule is NCc1nc(C(=O)Nc2ccc(Br)cc2Cl)cs1. The lowest BCUT2D eigenvalue weighted by atomic mass is 10.3. The van der Waals surface area contributed by atoms with Gasteiger partial charge < -0.3 is 11.1 Å². The Kier molecular flexibility index (Phi) is 4.34. The van der Waals surface area contributed by atoms with E-state index in [4.69, 9.17) is 17.3 Å². The van der Waals surface area contributed by atoms with Gasteiger partial charge in [-0.25, -0.2) is 4.98 Å². The van der Waals surface area contributed by atoms with Gasteiger partial charge in [0.05, 0.1) is 10.7 Å². The van der Waals surface area contributed by atoms with Crippen LogP contribution in [0, 0.1) is 0 Å². The minimum absolute atomic E-state index is 0.296. The molecule has 7 heteroatoms. The summed E-state index contributed by atoms with van der Waals surface area (Å²) in [6, 6.07) is 5.23. The molecule has 2 aromatic rings. The number of aromatic nitrogens is 1. The topological polar surface area (TPSA) is 68.0 Å². The lowest BCUT2D eigenvalue weighted by Crippen LogP contribution is -2.13. The number of benzene rings is 1. The van der Waals surface area contributed by atoms with Crippen molar-refractivity contribution in [2.24, 2.45) is 5.73 Å². The average Bonchev–Trinajstić information content (AvgIpc) is 2.81. The third-order valence-electron chi connectivity index (χ3n) is 2.14. The van der Waals surface area contributed by atoms with E-state index in [9.17, 15) is 4.79 Å². The Labute approximate surface area is 121 Å². The first-order valence-corrected chi connectivity index (χ1v) is 7.06. The van der Waals surface area contributed by atoms with Crippen LogP contribution >= 0.6 is 38.9 Å². The number of rotatable bonds is 3. The first-order valence-electron chi connectivity index (χ1n) is 5.01. The van der Waals surface area contributed by atoms with Crippen LogP contribution in [0.25, 0.3) is 0 Å². The lowest BCUT2D eigenvalue weighted by molar-refractivity contribution is 0.102. The maximum atomic E-state index is 11.9. The van der Waals surface area contributed by atoms with E-state index < -0.39 is 0 Å². The van der Waals surface area contributed by atoms with Crippen LogP contribution in [-0.2, 0) is 6.54 Å². The second-order valence-corrected chi connectivity index (χ2v) is 5.67. The quantitative estimate of drug-likeness (QED) is 0.896. The van der Waals surface area contributed by atoms with Gasteiger partial charge in [0, 0.05) is 16.4 Å². The molecule has 0 radical (unpaired) electrons. The Morgan fingerprint density at radius 3 is 2.94 bits per heavy atom. The fourth-order valence-corrected chi connectivity index (χ4v) is 2.66. The van der Waals surface area contributed by atoms with Crippen molar-refractivity contribution in [3.8, 4) is 0 Å². The summed E-state index contributed by atoms with van der Waals surface area (Å²) in [4.78, 5) is 16.0. The Bertz CT molecular complexity index is 587. The number of amides is 1. The number of carbonyl (C=O) groups excluding carboxylic acids is 1. The highest BCUT2D eigenvalue weighted by Crippen LogP contribution is 2.26. The fourth-order valence-electron chi connectivity index (χ4n) is 1.29. The predicted molar refractivity (Wildman–Crippen MR) is 77.1 cm³/mol. The Hall–Kier alpha value is -0.950. The smallest absolute Gasteiger partial charge is 0.275 e. The summed E-state index contributed by atoms with van der Waals surface area (Å²) in [6.07, 6.45) is 0. The van der Waals surface area contributed by atoms with Crippen molar-refractivity contribution in [2.45, 2.75) is 6.54 Å². The summed E-state index contributed by atoms with van der Waals surface area (Å²) in [5, 5.41) is 5.56. The number of nitrogens with two attached hydrogens (primary N) is 1. The summed E-state index contributed by atoms with van der Waals surface area (Å²) in [5.41, 5.74) is 6.34. The zero-order valence-corrected chi connectivity index (χ0v) is 12.3. The monoisotopic (exact) mass is 345 g/mol. The standard InChI is InChI=1S/C11H9BrClN3OS/c12-6-1-2-8(7(13)3-6)16-11(17)9-5-18-10(4-14)15-9/h1-3,5H,4,14H2,(H,16,17). The van der Waals surface area contributed by atoms with E-state index in [0.29, 0.717) is 22.9 Å². The molecule has 0 saturated carbocycles. The van der Waals surface area contributed by atoms with Crippen LogP contribution < -0.4 is 11.1 Å². The van der Waals surface area contributed by atoms with Gasteiger partial charge in [-0.15, -0.1) is 11.3 Å². The largest absolute Gasteiger partial charge is 0.325 e. The molecule has 0 aliphatic heterocycles. The van der Waals surface area contributed by atoms with Crippen LogP contribution in [-0.4, -0.2) is 10.9 Å². The van der Waals surface area contributed by atoms with Crippen LogP contribution in [0.5, 0.6) is 0 Å². The Morgan fingerprint density at radius 2 is 2.33 bits per heavy atom. The molecular formula is C11H9BrClN3OS. The van der Waals surface area contributed by atoms with Crippen LogP contribution in [0.15, 0.2) is 28.1 Å². The molecule has 18 heavy (non-hydrogen) atoms. The maximum Gasteiger partial charge on any atom is 0.275 e. The number of anilines is 1. The van der Waals surface area contributed by atoms with E-state index in [1.165, 1.54) is 11.3 Å². The van der Waals surface area contributed by atoms with E-state index in [0.717, 1.165) is 9.48 Å². The molecule has 0 saturated heterocycles. The molecule has 1 amide bonds. The van der Waals surface area contributed by atoms with E-state index in [-0.39, 0.29) is 5.91 Å². The molecule has 0 unspecified atom stereocenters. The zero-order valence-electron chi connectivity index (χ0n) is 9.11. The number of nitrogens with zero attached hydrogens (tertiary/aromatic N) is 1. The summed E-state index contributed by atoms with van der Waals surface area (Å²) in [7, 11) is 0. The number of hydrogen-bond acceptors (Lipinski definition) is 4. The van der Waals surface area contributed by atoms with Crippen molar-refractivity contribution in [3.63, 3.8) is 0 Å². The van der Waals surface area contributed by atoms with E-state index in [1.54, 1.807) is 23.6 Å². The summed E-state index contributed by atoms with van der Waals surface area (Å²) in [5.74, 6) is -0.296. The zero-order chi connectivity index (χ0) is 13.1. The first-order chi connectivity index (χ1) is 8.60. The Balaban J connectivity index is 2.16. The van der Waals surface area contributed by atoms with E-state index >= 15 is 0 Å². The number of carbonyl (C=O) groups is 1. The molecule has 3 N–H and O–H groups in total. The molecule has 94 valence electrons. The fraction of sp³-hybridized carbons (Fsp3) is 0.0909. The van der Waals surface area contributed by atoms with Crippen molar-refractivity contribution in [1.82, 2.24) is 4.98 Å². The van der Waals surface area contributed by atoms with Gasteiger partial charge in [-0.3, -0.25) is 4.79 Å². The van der Waals surface area contributed by atoms with Crippen molar-refractivity contribution in [1.29, 1.82) is 0 Å². The van der Waals surface area contributed by atoms with Gasteiger partial charge in [0.25, 0.3) is 5.91 Å². The van der Waals surface area contributed by atoms with E-state index in [1.807, 2.05) is 0 Å².